The molecule has 2 aromatic carbocycles. The highest BCUT2D eigenvalue weighted by Crippen LogP contribution is 2.44. The van der Waals surface area contributed by atoms with Gasteiger partial charge < -0.3 is 20.5 Å². The number of amides is 2. The van der Waals surface area contributed by atoms with E-state index >= 15 is 0 Å². The number of hydrogen-bond acceptors (Lipinski definition) is 4. The summed E-state index contributed by atoms with van der Waals surface area (Å²) in [6, 6.07) is 16.3. The van der Waals surface area contributed by atoms with Crippen molar-refractivity contribution in [2.45, 2.75) is 43.6 Å². The first-order valence-corrected chi connectivity index (χ1v) is 10.6. The minimum absolute atomic E-state index is 0.00731. The quantitative estimate of drug-likeness (QED) is 0.537. The Hall–Kier alpha value is -3.35. The third kappa shape index (κ3) is 4.87. The van der Waals surface area contributed by atoms with E-state index in [4.69, 9.17) is 9.84 Å². The lowest BCUT2D eigenvalue weighted by molar-refractivity contribution is -0.138. The molecule has 0 atom stereocenters. The first-order valence-electron chi connectivity index (χ1n) is 10.6. The number of alkyl carbamates (subject to hydrolysis) is 1. The average Bonchev–Trinajstić information content (AvgIpc) is 3.41. The number of fused-ring (bicyclic) bond motifs is 3. The molecule has 1 fully saturated rings. The van der Waals surface area contributed by atoms with Crippen LogP contribution in [0.2, 0.25) is 0 Å². The molecule has 7 nitrogen and oxygen atoms in total. The molecule has 4 rings (SSSR count). The molecule has 0 radical (unpaired) electrons. The van der Waals surface area contributed by atoms with Gasteiger partial charge in [0.15, 0.2) is 0 Å². The van der Waals surface area contributed by atoms with Crippen molar-refractivity contribution in [2.24, 2.45) is 0 Å². The molecule has 31 heavy (non-hydrogen) atoms. The number of benzene rings is 2. The summed E-state index contributed by atoms with van der Waals surface area (Å²) in [4.78, 5) is 35.0. The summed E-state index contributed by atoms with van der Waals surface area (Å²) in [5.41, 5.74) is 4.10. The van der Waals surface area contributed by atoms with E-state index < -0.39 is 17.6 Å². The van der Waals surface area contributed by atoms with Crippen molar-refractivity contribution in [3.8, 4) is 11.1 Å². The molecule has 2 aliphatic rings. The Morgan fingerprint density at radius 2 is 1.61 bits per heavy atom. The minimum Gasteiger partial charge on any atom is -0.481 e. The van der Waals surface area contributed by atoms with Crippen molar-refractivity contribution in [3.63, 3.8) is 0 Å². The van der Waals surface area contributed by atoms with Crippen LogP contribution in [0.15, 0.2) is 48.5 Å². The van der Waals surface area contributed by atoms with E-state index in [1.165, 1.54) is 11.1 Å². The van der Waals surface area contributed by atoms with E-state index in [1.54, 1.807) is 0 Å². The van der Waals surface area contributed by atoms with E-state index in [9.17, 15) is 14.4 Å². The fourth-order valence-corrected chi connectivity index (χ4v) is 4.23. The van der Waals surface area contributed by atoms with Crippen molar-refractivity contribution in [1.82, 2.24) is 10.6 Å². The molecule has 0 aromatic heterocycles. The van der Waals surface area contributed by atoms with Crippen LogP contribution in [-0.2, 0) is 14.3 Å². The molecule has 0 unspecified atom stereocenters. The van der Waals surface area contributed by atoms with Crippen LogP contribution in [0.25, 0.3) is 11.1 Å². The maximum atomic E-state index is 12.1. The second kappa shape index (κ2) is 8.79. The topological polar surface area (TPSA) is 105 Å². The van der Waals surface area contributed by atoms with Crippen molar-refractivity contribution in [3.05, 3.63) is 59.7 Å². The van der Waals surface area contributed by atoms with Crippen LogP contribution in [0.3, 0.4) is 0 Å². The van der Waals surface area contributed by atoms with Gasteiger partial charge in [0.05, 0.1) is 12.0 Å². The number of hydrogen-bond donors (Lipinski definition) is 3. The molecule has 2 aromatic rings. The van der Waals surface area contributed by atoms with Crippen molar-refractivity contribution in [2.75, 3.05) is 13.2 Å². The summed E-state index contributed by atoms with van der Waals surface area (Å²) in [6.07, 6.45) is 1.53. The molecule has 7 heteroatoms. The standard InChI is InChI=1S/C24H26N2O5/c27-21(26-24(11-12-24)14-22(28)29)10-5-13-25-23(30)31-15-20-18-8-3-1-6-16(18)17-7-2-4-9-19(17)20/h1-4,6-9,20H,5,10-15H2,(H,25,30)(H,26,27)(H,28,29). The number of nitrogens with one attached hydrogen (secondary N) is 2. The Balaban J connectivity index is 1.20. The maximum Gasteiger partial charge on any atom is 0.407 e. The molecule has 1 saturated carbocycles. The summed E-state index contributed by atoms with van der Waals surface area (Å²) in [6.45, 7) is 0.564. The Morgan fingerprint density at radius 3 is 2.19 bits per heavy atom. The number of aliphatic carboxylic acids is 1. The van der Waals surface area contributed by atoms with Crippen LogP contribution in [0, 0.1) is 0 Å². The largest absolute Gasteiger partial charge is 0.481 e. The number of carbonyl (C=O) groups excluding carboxylic acids is 2. The number of carbonyl (C=O) groups is 3. The lowest BCUT2D eigenvalue weighted by Crippen LogP contribution is -2.38. The molecule has 0 spiro atoms. The zero-order valence-electron chi connectivity index (χ0n) is 17.2. The second-order valence-electron chi connectivity index (χ2n) is 8.25. The smallest absolute Gasteiger partial charge is 0.407 e. The van der Waals surface area contributed by atoms with Gasteiger partial charge in [0.2, 0.25) is 5.91 Å². The lowest BCUT2D eigenvalue weighted by atomic mass is 9.98. The molecule has 2 amide bonds. The summed E-state index contributed by atoms with van der Waals surface area (Å²) in [7, 11) is 0. The summed E-state index contributed by atoms with van der Waals surface area (Å²) >= 11 is 0. The molecule has 0 aliphatic heterocycles. The van der Waals surface area contributed by atoms with Crippen molar-refractivity contribution in [1.29, 1.82) is 0 Å². The molecule has 0 saturated heterocycles. The van der Waals surface area contributed by atoms with Crippen LogP contribution in [0.5, 0.6) is 0 Å². The van der Waals surface area contributed by atoms with Gasteiger partial charge in [0.1, 0.15) is 6.61 Å². The average molecular weight is 422 g/mol. The van der Waals surface area contributed by atoms with Gasteiger partial charge in [-0.1, -0.05) is 48.5 Å². The second-order valence-corrected chi connectivity index (χ2v) is 8.25. The number of rotatable bonds is 9. The molecule has 0 bridgehead atoms. The van der Waals surface area contributed by atoms with Gasteiger partial charge in [-0.3, -0.25) is 9.59 Å². The fourth-order valence-electron chi connectivity index (χ4n) is 4.23. The molecule has 162 valence electrons. The molecule has 3 N–H and O–H groups in total. The van der Waals surface area contributed by atoms with Crippen LogP contribution in [-0.4, -0.2) is 41.8 Å². The number of carboxylic acids is 1. The predicted molar refractivity (Wildman–Crippen MR) is 115 cm³/mol. The van der Waals surface area contributed by atoms with Gasteiger partial charge in [0.25, 0.3) is 0 Å². The van der Waals surface area contributed by atoms with Crippen LogP contribution < -0.4 is 10.6 Å². The monoisotopic (exact) mass is 422 g/mol. The zero-order chi connectivity index (χ0) is 21.8. The van der Waals surface area contributed by atoms with Crippen LogP contribution in [0.1, 0.15) is 49.1 Å². The van der Waals surface area contributed by atoms with Gasteiger partial charge in [-0.15, -0.1) is 0 Å². The number of ether oxygens (including phenoxy) is 1. The Morgan fingerprint density at radius 1 is 1.00 bits per heavy atom. The van der Waals surface area contributed by atoms with Gasteiger partial charge in [-0.25, -0.2) is 4.79 Å². The summed E-state index contributed by atoms with van der Waals surface area (Å²) in [5, 5.41) is 14.4. The minimum atomic E-state index is -0.908. The zero-order valence-corrected chi connectivity index (χ0v) is 17.2. The van der Waals surface area contributed by atoms with Crippen molar-refractivity contribution < 1.29 is 24.2 Å². The van der Waals surface area contributed by atoms with E-state index in [-0.39, 0.29) is 31.3 Å². The molecule has 2 aliphatic carbocycles. The lowest BCUT2D eigenvalue weighted by Gasteiger charge is -2.15. The summed E-state index contributed by atoms with van der Waals surface area (Å²) < 4.78 is 5.47. The Kier molecular flexibility index (Phi) is 5.93. The van der Waals surface area contributed by atoms with Gasteiger partial charge in [-0.05, 0) is 41.5 Å². The van der Waals surface area contributed by atoms with Gasteiger partial charge in [-0.2, -0.15) is 0 Å². The third-order valence-electron chi connectivity index (χ3n) is 5.94. The fraction of sp³-hybridized carbons (Fsp3) is 0.375. The van der Waals surface area contributed by atoms with Crippen LogP contribution in [0.4, 0.5) is 4.79 Å². The molecular formula is C24H26N2O5. The highest BCUT2D eigenvalue weighted by molar-refractivity contribution is 5.80. The summed E-state index contributed by atoms with van der Waals surface area (Å²) in [5.74, 6) is -1.09. The molecule has 0 heterocycles. The van der Waals surface area contributed by atoms with E-state index in [2.05, 4.69) is 34.9 Å². The van der Waals surface area contributed by atoms with Crippen molar-refractivity contribution >= 4 is 18.0 Å². The van der Waals surface area contributed by atoms with E-state index in [1.807, 2.05) is 24.3 Å². The van der Waals surface area contributed by atoms with E-state index in [0.717, 1.165) is 11.1 Å². The predicted octanol–water partition coefficient (Wildman–Crippen LogP) is 3.43. The maximum absolute atomic E-state index is 12.1. The van der Waals surface area contributed by atoms with Crippen LogP contribution >= 0.6 is 0 Å². The van der Waals surface area contributed by atoms with E-state index in [0.29, 0.717) is 25.8 Å². The SMILES string of the molecule is O=C(O)CC1(NC(=O)CCCNC(=O)OCC2c3ccccc3-c3ccccc32)CC1. The highest BCUT2D eigenvalue weighted by Gasteiger charge is 2.45. The number of carboxylic acid groups (broad SMARTS) is 1. The van der Waals surface area contributed by atoms with Gasteiger partial charge in [0, 0.05) is 18.9 Å². The Bertz CT molecular complexity index is 953. The first kappa shape index (κ1) is 20.9. The third-order valence-corrected chi connectivity index (χ3v) is 5.94. The Labute approximate surface area is 180 Å². The van der Waals surface area contributed by atoms with Gasteiger partial charge >= 0.3 is 12.1 Å². The normalized spacial score (nSPS) is 15.5. The highest BCUT2D eigenvalue weighted by atomic mass is 16.5. The first-order chi connectivity index (χ1) is 15.0. The molecular weight excluding hydrogens is 396 g/mol.